The quantitative estimate of drug-likeness (QED) is 0.784. The molecule has 4 heteroatoms. The standard InChI is InChI=1S/C14H22F2N2/c1-8(2)11(9(3)4)7-18-13-6-10(15)5-12(16)14(13)17/h5-6,8-9,11,18H,7,17H2,1-4H3. The van der Waals surface area contributed by atoms with Gasteiger partial charge in [0.2, 0.25) is 0 Å². The molecule has 0 radical (unpaired) electrons. The molecule has 0 aliphatic carbocycles. The molecule has 0 heterocycles. The number of nitrogen functional groups attached to an aromatic ring is 1. The molecule has 2 nitrogen and oxygen atoms in total. The summed E-state index contributed by atoms with van der Waals surface area (Å²) in [5.74, 6) is 0.0861. The van der Waals surface area contributed by atoms with E-state index in [4.69, 9.17) is 5.73 Å². The maximum absolute atomic E-state index is 13.3. The molecule has 0 saturated carbocycles. The van der Waals surface area contributed by atoms with Crippen LogP contribution >= 0.6 is 0 Å². The van der Waals surface area contributed by atoms with Gasteiger partial charge in [0.1, 0.15) is 5.82 Å². The summed E-state index contributed by atoms with van der Waals surface area (Å²) in [5, 5.41) is 3.05. The van der Waals surface area contributed by atoms with Crippen LogP contribution in [0.15, 0.2) is 12.1 Å². The molecule has 0 saturated heterocycles. The maximum atomic E-state index is 13.3. The third kappa shape index (κ3) is 3.59. The molecular formula is C14H22F2N2. The molecule has 0 atom stereocenters. The van der Waals surface area contributed by atoms with Crippen LogP contribution in [0.5, 0.6) is 0 Å². The summed E-state index contributed by atoms with van der Waals surface area (Å²) >= 11 is 0. The smallest absolute Gasteiger partial charge is 0.151 e. The van der Waals surface area contributed by atoms with E-state index in [1.54, 1.807) is 0 Å². The summed E-state index contributed by atoms with van der Waals surface area (Å²) in [7, 11) is 0. The molecule has 0 bridgehead atoms. The first kappa shape index (κ1) is 14.7. The van der Waals surface area contributed by atoms with Gasteiger partial charge in [-0.2, -0.15) is 0 Å². The normalized spacial score (nSPS) is 11.6. The lowest BCUT2D eigenvalue weighted by Crippen LogP contribution is -2.25. The van der Waals surface area contributed by atoms with Gasteiger partial charge in [0.25, 0.3) is 0 Å². The molecular weight excluding hydrogens is 234 g/mol. The summed E-state index contributed by atoms with van der Waals surface area (Å²) in [6.45, 7) is 9.22. The molecule has 0 fully saturated rings. The van der Waals surface area contributed by atoms with Crippen LogP contribution in [0.25, 0.3) is 0 Å². The Morgan fingerprint density at radius 2 is 1.67 bits per heavy atom. The Bertz CT molecular complexity index is 395. The van der Waals surface area contributed by atoms with Gasteiger partial charge in [-0.25, -0.2) is 8.78 Å². The van der Waals surface area contributed by atoms with Gasteiger partial charge in [-0.05, 0) is 23.8 Å². The SMILES string of the molecule is CC(C)C(CNc1cc(F)cc(F)c1N)C(C)C. The number of halogens is 2. The minimum absolute atomic E-state index is 0.0253. The predicted molar refractivity (Wildman–Crippen MR) is 72.4 cm³/mol. The first-order chi connectivity index (χ1) is 8.32. The lowest BCUT2D eigenvalue weighted by molar-refractivity contribution is 0.304. The summed E-state index contributed by atoms with van der Waals surface area (Å²) in [5.41, 5.74) is 5.89. The zero-order valence-electron chi connectivity index (χ0n) is 11.4. The van der Waals surface area contributed by atoms with Crippen molar-refractivity contribution in [3.05, 3.63) is 23.8 Å². The van der Waals surface area contributed by atoms with Crippen LogP contribution < -0.4 is 11.1 Å². The van der Waals surface area contributed by atoms with Gasteiger partial charge < -0.3 is 11.1 Å². The molecule has 1 aromatic carbocycles. The number of hydrogen-bond acceptors (Lipinski definition) is 2. The Hall–Kier alpha value is -1.32. The van der Waals surface area contributed by atoms with Crippen molar-refractivity contribution < 1.29 is 8.78 Å². The van der Waals surface area contributed by atoms with Crippen LogP contribution in [-0.2, 0) is 0 Å². The third-order valence-electron chi connectivity index (χ3n) is 3.34. The van der Waals surface area contributed by atoms with Gasteiger partial charge >= 0.3 is 0 Å². The fourth-order valence-electron chi connectivity index (χ4n) is 2.20. The van der Waals surface area contributed by atoms with Crippen LogP contribution in [0.4, 0.5) is 20.2 Å². The number of benzene rings is 1. The Balaban J connectivity index is 2.79. The summed E-state index contributed by atoms with van der Waals surface area (Å²) in [4.78, 5) is 0. The zero-order chi connectivity index (χ0) is 13.9. The van der Waals surface area contributed by atoms with E-state index >= 15 is 0 Å². The predicted octanol–water partition coefficient (Wildman–Crippen LogP) is 3.89. The van der Waals surface area contributed by atoms with Crippen molar-refractivity contribution in [3.63, 3.8) is 0 Å². The highest BCUT2D eigenvalue weighted by atomic mass is 19.1. The van der Waals surface area contributed by atoms with E-state index in [-0.39, 0.29) is 5.69 Å². The monoisotopic (exact) mass is 256 g/mol. The van der Waals surface area contributed by atoms with Crippen LogP contribution in [0, 0.1) is 29.4 Å². The van der Waals surface area contributed by atoms with Crippen molar-refractivity contribution in [3.8, 4) is 0 Å². The molecule has 1 aromatic rings. The second-order valence-corrected chi connectivity index (χ2v) is 5.38. The molecule has 1 rings (SSSR count). The minimum Gasteiger partial charge on any atom is -0.395 e. The number of hydrogen-bond donors (Lipinski definition) is 2. The first-order valence-electron chi connectivity index (χ1n) is 6.31. The van der Waals surface area contributed by atoms with Gasteiger partial charge in [-0.1, -0.05) is 27.7 Å². The van der Waals surface area contributed by atoms with E-state index < -0.39 is 11.6 Å². The molecule has 0 aromatic heterocycles. The van der Waals surface area contributed by atoms with Crippen LogP contribution in [0.1, 0.15) is 27.7 Å². The average Bonchev–Trinajstić information content (AvgIpc) is 2.23. The number of anilines is 2. The number of rotatable bonds is 5. The Kier molecular flexibility index (Phi) is 4.93. The highest BCUT2D eigenvalue weighted by Crippen LogP contribution is 2.26. The zero-order valence-corrected chi connectivity index (χ0v) is 11.4. The Morgan fingerprint density at radius 3 is 2.17 bits per heavy atom. The van der Waals surface area contributed by atoms with Crippen LogP contribution in [0.2, 0.25) is 0 Å². The minimum atomic E-state index is -0.719. The molecule has 18 heavy (non-hydrogen) atoms. The van der Waals surface area contributed by atoms with E-state index in [0.29, 0.717) is 30.0 Å². The van der Waals surface area contributed by atoms with Gasteiger partial charge in [0, 0.05) is 12.6 Å². The summed E-state index contributed by atoms with van der Waals surface area (Å²) in [6.07, 6.45) is 0. The third-order valence-corrected chi connectivity index (χ3v) is 3.34. The molecule has 0 aliphatic rings. The largest absolute Gasteiger partial charge is 0.395 e. The Labute approximate surface area is 108 Å². The second-order valence-electron chi connectivity index (χ2n) is 5.38. The van der Waals surface area contributed by atoms with E-state index in [2.05, 4.69) is 33.0 Å². The second kappa shape index (κ2) is 6.03. The van der Waals surface area contributed by atoms with Gasteiger partial charge in [0.15, 0.2) is 5.82 Å². The van der Waals surface area contributed by atoms with E-state index in [0.717, 1.165) is 6.07 Å². The van der Waals surface area contributed by atoms with E-state index in [1.165, 1.54) is 6.07 Å². The van der Waals surface area contributed by atoms with Gasteiger partial charge in [0.05, 0.1) is 11.4 Å². The van der Waals surface area contributed by atoms with E-state index in [9.17, 15) is 8.78 Å². The fourth-order valence-corrected chi connectivity index (χ4v) is 2.20. The highest BCUT2D eigenvalue weighted by molar-refractivity contribution is 5.66. The van der Waals surface area contributed by atoms with Gasteiger partial charge in [-0.3, -0.25) is 0 Å². The number of nitrogens with one attached hydrogen (secondary N) is 1. The van der Waals surface area contributed by atoms with Crippen molar-refractivity contribution in [2.45, 2.75) is 27.7 Å². The van der Waals surface area contributed by atoms with Crippen molar-refractivity contribution >= 4 is 11.4 Å². The number of nitrogens with two attached hydrogens (primary N) is 1. The molecule has 0 unspecified atom stereocenters. The molecule has 0 amide bonds. The van der Waals surface area contributed by atoms with E-state index in [1.807, 2.05) is 0 Å². The first-order valence-corrected chi connectivity index (χ1v) is 6.31. The highest BCUT2D eigenvalue weighted by Gasteiger charge is 2.18. The maximum Gasteiger partial charge on any atom is 0.151 e. The lowest BCUT2D eigenvalue weighted by atomic mass is 9.85. The lowest BCUT2D eigenvalue weighted by Gasteiger charge is -2.26. The Morgan fingerprint density at radius 1 is 1.11 bits per heavy atom. The average molecular weight is 256 g/mol. The van der Waals surface area contributed by atoms with Crippen molar-refractivity contribution in [1.29, 1.82) is 0 Å². The van der Waals surface area contributed by atoms with Gasteiger partial charge in [-0.15, -0.1) is 0 Å². The van der Waals surface area contributed by atoms with Crippen molar-refractivity contribution in [2.75, 3.05) is 17.6 Å². The van der Waals surface area contributed by atoms with Crippen molar-refractivity contribution in [1.82, 2.24) is 0 Å². The van der Waals surface area contributed by atoms with Crippen molar-refractivity contribution in [2.24, 2.45) is 17.8 Å². The summed E-state index contributed by atoms with van der Waals surface area (Å²) in [6, 6.07) is 2.03. The molecule has 0 aliphatic heterocycles. The molecule has 3 N–H and O–H groups in total. The van der Waals surface area contributed by atoms with Crippen LogP contribution in [0.3, 0.4) is 0 Å². The topological polar surface area (TPSA) is 38.0 Å². The van der Waals surface area contributed by atoms with Crippen LogP contribution in [-0.4, -0.2) is 6.54 Å². The fraction of sp³-hybridized carbons (Fsp3) is 0.571. The molecule has 102 valence electrons. The molecule has 0 spiro atoms. The summed E-state index contributed by atoms with van der Waals surface area (Å²) < 4.78 is 26.4.